The molecular weight excluding hydrogens is 127 g/mol. The van der Waals surface area contributed by atoms with Crippen LogP contribution in [0.1, 0.15) is 32.1 Å². The van der Waals surface area contributed by atoms with Crippen LogP contribution in [0.5, 0.6) is 0 Å². The van der Waals surface area contributed by atoms with Crippen molar-refractivity contribution in [3.8, 4) is 0 Å². The third-order valence-corrected chi connectivity index (χ3v) is 3.24. The smallest absolute Gasteiger partial charge is 0.427 e. The van der Waals surface area contributed by atoms with Crippen LogP contribution in [-0.4, -0.2) is 17.2 Å². The van der Waals surface area contributed by atoms with Crippen LogP contribution in [-0.2, 0) is 0 Å². The van der Waals surface area contributed by atoms with E-state index in [-0.39, 0.29) is 5.31 Å². The van der Waals surface area contributed by atoms with Gasteiger partial charge in [0.2, 0.25) is 0 Å². The summed E-state index contributed by atoms with van der Waals surface area (Å²) in [4.78, 5) is 0. The van der Waals surface area contributed by atoms with Gasteiger partial charge in [0.05, 0.1) is 0 Å². The Morgan fingerprint density at radius 1 is 1.30 bits per heavy atom. The Kier molecular flexibility index (Phi) is 1.33. The Hall–Kier alpha value is -0.0151. The van der Waals surface area contributed by atoms with E-state index < -0.39 is 7.12 Å². The maximum Gasteiger partial charge on any atom is 0.458 e. The minimum Gasteiger partial charge on any atom is -0.427 e. The zero-order valence-corrected chi connectivity index (χ0v) is 6.08. The SMILES string of the molecule is OB(O)C12CCCCC1C2. The van der Waals surface area contributed by atoms with Crippen molar-refractivity contribution in [2.75, 3.05) is 0 Å². The first-order chi connectivity index (χ1) is 4.76. The van der Waals surface area contributed by atoms with Gasteiger partial charge in [0.25, 0.3) is 0 Å². The van der Waals surface area contributed by atoms with Gasteiger partial charge in [0.1, 0.15) is 0 Å². The lowest BCUT2D eigenvalue weighted by Crippen LogP contribution is -2.25. The summed E-state index contributed by atoms with van der Waals surface area (Å²) in [6.45, 7) is 0. The Morgan fingerprint density at radius 2 is 2.10 bits per heavy atom. The monoisotopic (exact) mass is 140 g/mol. The van der Waals surface area contributed by atoms with Gasteiger partial charge in [-0.25, -0.2) is 0 Å². The second-order valence-corrected chi connectivity index (χ2v) is 3.75. The van der Waals surface area contributed by atoms with E-state index in [4.69, 9.17) is 10.0 Å². The molecule has 0 aliphatic heterocycles. The normalized spacial score (nSPS) is 44.4. The molecule has 0 amide bonds. The number of rotatable bonds is 1. The fourth-order valence-corrected chi connectivity index (χ4v) is 2.39. The Labute approximate surface area is 61.4 Å². The van der Waals surface area contributed by atoms with Crippen LogP contribution in [0.3, 0.4) is 0 Å². The number of fused-ring (bicyclic) bond motifs is 1. The predicted octanol–water partition coefficient (Wildman–Crippen LogP) is 0.793. The Bertz CT molecular complexity index is 149. The average Bonchev–Trinajstić information content (AvgIpc) is 2.61. The lowest BCUT2D eigenvalue weighted by molar-refractivity contribution is 0.344. The van der Waals surface area contributed by atoms with Gasteiger partial charge < -0.3 is 10.0 Å². The van der Waals surface area contributed by atoms with Crippen molar-refractivity contribution in [2.45, 2.75) is 37.4 Å². The van der Waals surface area contributed by atoms with E-state index >= 15 is 0 Å². The molecule has 2 nitrogen and oxygen atoms in total. The van der Waals surface area contributed by atoms with Crippen molar-refractivity contribution in [1.82, 2.24) is 0 Å². The van der Waals surface area contributed by atoms with Crippen LogP contribution in [0.4, 0.5) is 0 Å². The molecule has 0 aromatic carbocycles. The molecule has 10 heavy (non-hydrogen) atoms. The minimum atomic E-state index is -1.04. The molecule has 2 atom stereocenters. The highest BCUT2D eigenvalue weighted by atomic mass is 16.4. The molecule has 3 heteroatoms. The maximum atomic E-state index is 9.03. The molecule has 2 rings (SSSR count). The van der Waals surface area contributed by atoms with E-state index in [2.05, 4.69) is 0 Å². The first-order valence-electron chi connectivity index (χ1n) is 4.12. The molecule has 0 aromatic rings. The van der Waals surface area contributed by atoms with Crippen molar-refractivity contribution in [3.05, 3.63) is 0 Å². The molecule has 0 spiro atoms. The molecule has 56 valence electrons. The van der Waals surface area contributed by atoms with Gasteiger partial charge in [-0.15, -0.1) is 0 Å². The summed E-state index contributed by atoms with van der Waals surface area (Å²) in [7, 11) is -1.04. The molecule has 0 heterocycles. The zero-order chi connectivity index (χ0) is 7.19. The van der Waals surface area contributed by atoms with Crippen LogP contribution in [0.25, 0.3) is 0 Å². The summed E-state index contributed by atoms with van der Waals surface area (Å²) < 4.78 is 0. The fourth-order valence-electron chi connectivity index (χ4n) is 2.39. The molecule has 2 aliphatic carbocycles. The van der Waals surface area contributed by atoms with Crippen molar-refractivity contribution in [3.63, 3.8) is 0 Å². The summed E-state index contributed by atoms with van der Waals surface area (Å²) in [5.41, 5.74) is 0. The highest BCUT2D eigenvalue weighted by Crippen LogP contribution is 2.68. The van der Waals surface area contributed by atoms with E-state index in [0.717, 1.165) is 12.8 Å². The van der Waals surface area contributed by atoms with Gasteiger partial charge in [-0.2, -0.15) is 0 Å². The molecule has 0 bridgehead atoms. The maximum absolute atomic E-state index is 9.03. The molecule has 2 unspecified atom stereocenters. The van der Waals surface area contributed by atoms with E-state index in [1.165, 1.54) is 19.3 Å². The highest BCUT2D eigenvalue weighted by molar-refractivity contribution is 6.47. The van der Waals surface area contributed by atoms with Crippen molar-refractivity contribution < 1.29 is 10.0 Å². The fraction of sp³-hybridized carbons (Fsp3) is 1.00. The third kappa shape index (κ3) is 0.737. The first kappa shape index (κ1) is 6.68. The Morgan fingerprint density at radius 3 is 2.60 bits per heavy atom. The lowest BCUT2D eigenvalue weighted by atomic mass is 9.62. The molecule has 0 aromatic heterocycles. The molecular formula is C7H13BO2. The van der Waals surface area contributed by atoms with E-state index in [0.29, 0.717) is 5.92 Å². The van der Waals surface area contributed by atoms with Crippen molar-refractivity contribution in [2.24, 2.45) is 5.92 Å². The van der Waals surface area contributed by atoms with Gasteiger partial charge >= 0.3 is 7.12 Å². The van der Waals surface area contributed by atoms with Crippen molar-refractivity contribution >= 4 is 7.12 Å². The minimum absolute atomic E-state index is 0.0434. The average molecular weight is 140 g/mol. The summed E-state index contributed by atoms with van der Waals surface area (Å²) in [6.07, 6.45) is 5.80. The van der Waals surface area contributed by atoms with E-state index in [1.807, 2.05) is 0 Å². The number of hydrogen-bond donors (Lipinski definition) is 2. The quantitative estimate of drug-likeness (QED) is 0.528. The van der Waals surface area contributed by atoms with Crippen LogP contribution in [0.2, 0.25) is 5.31 Å². The third-order valence-electron chi connectivity index (χ3n) is 3.24. The number of hydrogen-bond acceptors (Lipinski definition) is 2. The molecule has 2 aliphatic rings. The summed E-state index contributed by atoms with van der Waals surface area (Å²) >= 11 is 0. The van der Waals surface area contributed by atoms with Gasteiger partial charge in [-0.3, -0.25) is 0 Å². The summed E-state index contributed by atoms with van der Waals surface area (Å²) in [6, 6.07) is 0. The highest BCUT2D eigenvalue weighted by Gasteiger charge is 2.61. The predicted molar refractivity (Wildman–Crippen MR) is 39.5 cm³/mol. The molecule has 0 radical (unpaired) electrons. The van der Waals surface area contributed by atoms with Gasteiger partial charge in [0.15, 0.2) is 0 Å². The van der Waals surface area contributed by atoms with Crippen LogP contribution in [0.15, 0.2) is 0 Å². The second kappa shape index (κ2) is 1.99. The van der Waals surface area contributed by atoms with Gasteiger partial charge in [-0.05, 0) is 18.8 Å². The van der Waals surface area contributed by atoms with Gasteiger partial charge in [-0.1, -0.05) is 19.3 Å². The largest absolute Gasteiger partial charge is 0.458 e. The van der Waals surface area contributed by atoms with E-state index in [9.17, 15) is 0 Å². The van der Waals surface area contributed by atoms with Gasteiger partial charge in [0, 0.05) is 5.31 Å². The molecule has 2 saturated carbocycles. The summed E-state index contributed by atoms with van der Waals surface area (Å²) in [5, 5.41) is 18.0. The van der Waals surface area contributed by atoms with Crippen molar-refractivity contribution in [1.29, 1.82) is 0 Å². The topological polar surface area (TPSA) is 40.5 Å². The molecule has 0 saturated heterocycles. The van der Waals surface area contributed by atoms with Crippen LogP contribution < -0.4 is 0 Å². The zero-order valence-electron chi connectivity index (χ0n) is 6.08. The standard InChI is InChI=1S/C7H13BO2/c9-8(10)7-4-2-1-3-6(7)5-7/h6,9-10H,1-5H2. The first-order valence-corrected chi connectivity index (χ1v) is 4.12. The van der Waals surface area contributed by atoms with Crippen LogP contribution >= 0.6 is 0 Å². The second-order valence-electron chi connectivity index (χ2n) is 3.75. The summed E-state index contributed by atoms with van der Waals surface area (Å²) in [5.74, 6) is 0.640. The van der Waals surface area contributed by atoms with E-state index in [1.54, 1.807) is 0 Å². The van der Waals surface area contributed by atoms with Crippen LogP contribution in [0, 0.1) is 5.92 Å². The lowest BCUT2D eigenvalue weighted by Gasteiger charge is -2.20. The molecule has 2 N–H and O–H groups in total. The Balaban J connectivity index is 2.05. The molecule has 2 fully saturated rings.